The van der Waals surface area contributed by atoms with Gasteiger partial charge in [-0.25, -0.2) is 14.0 Å². The van der Waals surface area contributed by atoms with Gasteiger partial charge in [0, 0.05) is 0 Å². The van der Waals surface area contributed by atoms with Gasteiger partial charge in [-0.15, -0.1) is 0 Å². The van der Waals surface area contributed by atoms with E-state index in [1.165, 1.54) is 119 Å². The summed E-state index contributed by atoms with van der Waals surface area (Å²) in [5, 5.41) is 8.86. The van der Waals surface area contributed by atoms with Crippen molar-refractivity contribution in [3.05, 3.63) is 89.2 Å². The van der Waals surface area contributed by atoms with Gasteiger partial charge in [0.2, 0.25) is 0 Å². The molecule has 0 fully saturated rings. The number of halogens is 1. The lowest BCUT2D eigenvalue weighted by Gasteiger charge is -2.09. The second-order valence-corrected chi connectivity index (χ2v) is 11.0. The van der Waals surface area contributed by atoms with Gasteiger partial charge in [-0.3, -0.25) is 0 Å². The monoisotopic (exact) mass is 601 g/mol. The summed E-state index contributed by atoms with van der Waals surface area (Å²) < 4.78 is 30.8. The lowest BCUT2D eigenvalue weighted by Crippen LogP contribution is -2.11. The average molecular weight is 602 g/mol. The maximum absolute atomic E-state index is 14.6. The molecule has 0 N–H and O–H groups in total. The zero-order valence-corrected chi connectivity index (χ0v) is 25.8. The second-order valence-electron chi connectivity index (χ2n) is 11.0. The van der Waals surface area contributed by atoms with E-state index in [-0.39, 0.29) is 22.6 Å². The van der Waals surface area contributed by atoms with Gasteiger partial charge in [0.25, 0.3) is 0 Å². The molecular weight excluding hydrogens is 557 g/mol. The van der Waals surface area contributed by atoms with E-state index in [0.717, 1.165) is 25.3 Å². The molecule has 0 saturated heterocycles. The first kappa shape index (κ1) is 34.3. The van der Waals surface area contributed by atoms with Gasteiger partial charge in [0.1, 0.15) is 11.5 Å². The van der Waals surface area contributed by atoms with Crippen LogP contribution in [0.4, 0.5) is 4.39 Å². The van der Waals surface area contributed by atoms with Crippen molar-refractivity contribution in [2.24, 2.45) is 0 Å². The largest absolute Gasteiger partial charge is 0.491 e. The zero-order chi connectivity index (χ0) is 31.4. The number of rotatable bonds is 20. The van der Waals surface area contributed by atoms with Crippen molar-refractivity contribution < 1.29 is 28.2 Å². The summed E-state index contributed by atoms with van der Waals surface area (Å²) in [7, 11) is 0. The second kappa shape index (κ2) is 19.9. The molecule has 0 spiro atoms. The normalized spacial score (nSPS) is 10.7. The summed E-state index contributed by atoms with van der Waals surface area (Å²) in [6.45, 7) is 2.68. The number of nitriles is 1. The summed E-state index contributed by atoms with van der Waals surface area (Å²) in [6, 6.07) is 18.0. The number of nitrogens with zero attached hydrogens (tertiary/aromatic N) is 1. The quantitative estimate of drug-likeness (QED) is 0.0728. The number of carbonyl (C=O) groups excluding carboxylic acids is 2. The van der Waals surface area contributed by atoms with Crippen LogP contribution < -0.4 is 14.2 Å². The maximum Gasteiger partial charge on any atom is 0.343 e. The van der Waals surface area contributed by atoms with E-state index in [1.807, 2.05) is 6.07 Å². The topological polar surface area (TPSA) is 85.6 Å². The van der Waals surface area contributed by atoms with Crippen molar-refractivity contribution in [2.75, 3.05) is 6.61 Å². The van der Waals surface area contributed by atoms with Gasteiger partial charge >= 0.3 is 11.9 Å². The number of esters is 2. The third kappa shape index (κ3) is 12.6. The summed E-state index contributed by atoms with van der Waals surface area (Å²) >= 11 is 0. The van der Waals surface area contributed by atoms with Gasteiger partial charge in [-0.05, 0) is 73.2 Å². The molecule has 0 aliphatic heterocycles. The van der Waals surface area contributed by atoms with Crippen LogP contribution in [-0.4, -0.2) is 18.5 Å². The van der Waals surface area contributed by atoms with Crippen molar-refractivity contribution >= 4 is 11.9 Å². The molecule has 3 aromatic carbocycles. The molecule has 3 rings (SSSR count). The molecule has 0 radical (unpaired) electrons. The van der Waals surface area contributed by atoms with Crippen molar-refractivity contribution in [3.8, 4) is 23.3 Å². The molecule has 0 atom stereocenters. The Morgan fingerprint density at radius 1 is 0.636 bits per heavy atom. The van der Waals surface area contributed by atoms with Crippen LogP contribution in [0.5, 0.6) is 17.2 Å². The number of hydrogen-bond acceptors (Lipinski definition) is 6. The summed E-state index contributed by atoms with van der Waals surface area (Å²) in [4.78, 5) is 24.9. The van der Waals surface area contributed by atoms with E-state index >= 15 is 0 Å². The van der Waals surface area contributed by atoms with E-state index < -0.39 is 17.8 Å². The minimum Gasteiger partial charge on any atom is -0.491 e. The molecule has 0 saturated carbocycles. The Labute approximate surface area is 261 Å². The molecule has 7 heteroatoms. The van der Waals surface area contributed by atoms with Gasteiger partial charge in [-0.1, -0.05) is 90.4 Å². The number of benzene rings is 3. The van der Waals surface area contributed by atoms with Crippen molar-refractivity contribution in [1.82, 2.24) is 0 Å². The lowest BCUT2D eigenvalue weighted by atomic mass is 10.0. The predicted octanol–water partition coefficient (Wildman–Crippen LogP) is 10.00. The van der Waals surface area contributed by atoms with Crippen molar-refractivity contribution in [1.29, 1.82) is 5.26 Å². The van der Waals surface area contributed by atoms with E-state index in [1.54, 1.807) is 12.1 Å². The fourth-order valence-corrected chi connectivity index (χ4v) is 4.81. The zero-order valence-electron chi connectivity index (χ0n) is 25.8. The van der Waals surface area contributed by atoms with Gasteiger partial charge in [0.05, 0.1) is 29.4 Å². The molecule has 0 amide bonds. The van der Waals surface area contributed by atoms with E-state index in [9.17, 15) is 14.0 Å². The molecule has 3 aromatic rings. The van der Waals surface area contributed by atoms with Crippen LogP contribution in [0.1, 0.15) is 123 Å². The minimum absolute atomic E-state index is 0.0515. The minimum atomic E-state index is -0.727. The average Bonchev–Trinajstić information content (AvgIpc) is 3.04. The Morgan fingerprint density at radius 2 is 1.09 bits per heavy atom. The van der Waals surface area contributed by atoms with Crippen LogP contribution >= 0.6 is 0 Å². The van der Waals surface area contributed by atoms with E-state index in [4.69, 9.17) is 19.5 Å². The Hall–Kier alpha value is -4.18. The fraction of sp³-hybridized carbons (Fsp3) is 0.432. The molecule has 0 unspecified atom stereocenters. The molecule has 0 aromatic heterocycles. The summed E-state index contributed by atoms with van der Waals surface area (Å²) in [5.41, 5.74) is 0.759. The molecule has 6 nitrogen and oxygen atoms in total. The highest BCUT2D eigenvalue weighted by molar-refractivity contribution is 5.92. The lowest BCUT2D eigenvalue weighted by molar-refractivity contribution is 0.0730. The highest BCUT2D eigenvalue weighted by atomic mass is 19.1. The Bertz CT molecular complexity index is 1330. The van der Waals surface area contributed by atoms with Gasteiger partial charge < -0.3 is 14.2 Å². The standard InChI is InChI=1S/C37H44FNO5/c1-2-3-4-5-6-7-8-9-10-11-12-13-14-15-26-42-35-25-20-31(27-34(35)38)37(41)44-33-23-18-30(19-24-33)36(40)43-32-21-16-29(28-39)17-22-32/h16-25,27H,2-15,26H2,1H3. The molecule has 234 valence electrons. The number of hydrogen-bond donors (Lipinski definition) is 0. The number of ether oxygens (including phenoxy) is 3. The van der Waals surface area contributed by atoms with Crippen molar-refractivity contribution in [3.63, 3.8) is 0 Å². The Balaban J connectivity index is 1.30. The van der Waals surface area contributed by atoms with Crippen LogP contribution in [0.15, 0.2) is 66.7 Å². The predicted molar refractivity (Wildman–Crippen MR) is 170 cm³/mol. The fourth-order valence-electron chi connectivity index (χ4n) is 4.81. The van der Waals surface area contributed by atoms with Crippen LogP contribution in [0.25, 0.3) is 0 Å². The van der Waals surface area contributed by atoms with Gasteiger partial charge in [0.15, 0.2) is 11.6 Å². The molecule has 44 heavy (non-hydrogen) atoms. The van der Waals surface area contributed by atoms with Crippen LogP contribution in [-0.2, 0) is 0 Å². The van der Waals surface area contributed by atoms with Crippen LogP contribution in [0.3, 0.4) is 0 Å². The molecule has 0 heterocycles. The molecule has 0 aliphatic carbocycles. The number of unbranched alkanes of at least 4 members (excludes halogenated alkanes) is 13. The van der Waals surface area contributed by atoms with Crippen LogP contribution in [0, 0.1) is 17.1 Å². The highest BCUT2D eigenvalue weighted by Gasteiger charge is 2.14. The van der Waals surface area contributed by atoms with Crippen molar-refractivity contribution in [2.45, 2.75) is 96.8 Å². The molecule has 0 aliphatic rings. The first-order valence-electron chi connectivity index (χ1n) is 16.0. The smallest absolute Gasteiger partial charge is 0.343 e. The van der Waals surface area contributed by atoms with Crippen LogP contribution in [0.2, 0.25) is 0 Å². The third-order valence-corrected chi connectivity index (χ3v) is 7.42. The number of carbonyl (C=O) groups is 2. The first-order valence-corrected chi connectivity index (χ1v) is 16.0. The van der Waals surface area contributed by atoms with E-state index in [0.29, 0.717) is 17.9 Å². The third-order valence-electron chi connectivity index (χ3n) is 7.42. The van der Waals surface area contributed by atoms with Gasteiger partial charge in [-0.2, -0.15) is 5.26 Å². The summed E-state index contributed by atoms with van der Waals surface area (Å²) in [6.07, 6.45) is 17.8. The highest BCUT2D eigenvalue weighted by Crippen LogP contribution is 2.22. The molecule has 0 bridgehead atoms. The summed E-state index contributed by atoms with van der Waals surface area (Å²) in [5.74, 6) is -1.33. The molecular formula is C37H44FNO5. The van der Waals surface area contributed by atoms with E-state index in [2.05, 4.69) is 6.92 Å². The maximum atomic E-state index is 14.6. The Kier molecular flexibility index (Phi) is 15.5. The SMILES string of the molecule is CCCCCCCCCCCCCCCCOc1ccc(C(=O)Oc2ccc(C(=O)Oc3ccc(C#N)cc3)cc2)cc1F. The first-order chi connectivity index (χ1) is 21.5. The Morgan fingerprint density at radius 3 is 1.59 bits per heavy atom.